The molecule has 1 heterocycles. The number of carbonyl (C=O) groups excluding carboxylic acids is 1. The van der Waals surface area contributed by atoms with E-state index in [-0.39, 0.29) is 11.6 Å². The van der Waals surface area contributed by atoms with E-state index in [1.54, 1.807) is 23.1 Å². The highest BCUT2D eigenvalue weighted by Gasteiger charge is 2.26. The number of rotatable bonds is 5. The second-order valence-electron chi connectivity index (χ2n) is 6.37. The molecule has 1 saturated heterocycles. The van der Waals surface area contributed by atoms with Crippen molar-refractivity contribution in [2.24, 2.45) is 0 Å². The van der Waals surface area contributed by atoms with Gasteiger partial charge in [-0.25, -0.2) is 0 Å². The summed E-state index contributed by atoms with van der Waals surface area (Å²) < 4.78 is 0. The second-order valence-corrected chi connectivity index (χ2v) is 7.86. The number of piperazine rings is 1. The SMILES string of the molecule is CC[NH+]1CCN(C(=O)c2ccc(Sc3ccccc3Cl)c([N+](=O)[O-])c2)CC1. The predicted octanol–water partition coefficient (Wildman–Crippen LogP) is 2.76. The number of nitrogens with zero attached hydrogens (tertiary/aromatic N) is 2. The van der Waals surface area contributed by atoms with Crippen molar-refractivity contribution in [2.45, 2.75) is 16.7 Å². The minimum Gasteiger partial charge on any atom is -0.332 e. The van der Waals surface area contributed by atoms with E-state index in [9.17, 15) is 14.9 Å². The Morgan fingerprint density at radius 3 is 2.56 bits per heavy atom. The van der Waals surface area contributed by atoms with Gasteiger partial charge in [0.1, 0.15) is 0 Å². The molecule has 0 spiro atoms. The first-order chi connectivity index (χ1) is 13.0. The number of halogens is 1. The molecule has 0 bridgehead atoms. The van der Waals surface area contributed by atoms with Crippen molar-refractivity contribution in [1.29, 1.82) is 0 Å². The second kappa shape index (κ2) is 8.73. The number of hydrogen-bond donors (Lipinski definition) is 1. The zero-order valence-corrected chi connectivity index (χ0v) is 16.6. The van der Waals surface area contributed by atoms with Gasteiger partial charge >= 0.3 is 0 Å². The average Bonchev–Trinajstić information content (AvgIpc) is 2.69. The van der Waals surface area contributed by atoms with Gasteiger partial charge < -0.3 is 9.80 Å². The molecule has 142 valence electrons. The summed E-state index contributed by atoms with van der Waals surface area (Å²) in [6, 6.07) is 11.9. The fourth-order valence-corrected chi connectivity index (χ4v) is 4.26. The molecule has 8 heteroatoms. The third kappa shape index (κ3) is 4.61. The van der Waals surface area contributed by atoms with Crippen LogP contribution in [-0.2, 0) is 0 Å². The van der Waals surface area contributed by atoms with Gasteiger partial charge in [-0.2, -0.15) is 0 Å². The zero-order chi connectivity index (χ0) is 19.4. The van der Waals surface area contributed by atoms with E-state index in [4.69, 9.17) is 11.6 Å². The number of likely N-dealkylation sites (N-methyl/N-ethyl adjacent to an activating group) is 1. The van der Waals surface area contributed by atoms with Crippen LogP contribution in [0, 0.1) is 10.1 Å². The highest BCUT2D eigenvalue weighted by molar-refractivity contribution is 7.99. The molecule has 0 unspecified atom stereocenters. The number of nitro benzene ring substituents is 1. The van der Waals surface area contributed by atoms with Crippen molar-refractivity contribution in [3.05, 3.63) is 63.2 Å². The van der Waals surface area contributed by atoms with Crippen LogP contribution in [0.15, 0.2) is 52.3 Å². The van der Waals surface area contributed by atoms with Gasteiger partial charge in [-0.15, -0.1) is 0 Å². The fourth-order valence-electron chi connectivity index (χ4n) is 3.09. The first-order valence-corrected chi connectivity index (χ1v) is 10.0. The molecule has 1 N–H and O–H groups in total. The van der Waals surface area contributed by atoms with Gasteiger partial charge in [0.25, 0.3) is 11.6 Å². The van der Waals surface area contributed by atoms with E-state index in [1.165, 1.54) is 22.7 Å². The topological polar surface area (TPSA) is 67.9 Å². The smallest absolute Gasteiger partial charge is 0.284 e. The quantitative estimate of drug-likeness (QED) is 0.612. The molecule has 0 radical (unpaired) electrons. The van der Waals surface area contributed by atoms with Crippen LogP contribution in [0.3, 0.4) is 0 Å². The summed E-state index contributed by atoms with van der Waals surface area (Å²) in [6.07, 6.45) is 0. The number of hydrogen-bond acceptors (Lipinski definition) is 4. The first-order valence-electron chi connectivity index (χ1n) is 8.83. The number of nitro groups is 1. The third-order valence-corrected chi connectivity index (χ3v) is 6.30. The van der Waals surface area contributed by atoms with Crippen molar-refractivity contribution in [1.82, 2.24) is 4.90 Å². The van der Waals surface area contributed by atoms with Gasteiger partial charge in [-0.3, -0.25) is 14.9 Å². The van der Waals surface area contributed by atoms with Gasteiger partial charge in [0, 0.05) is 16.5 Å². The molecule has 1 aliphatic rings. The zero-order valence-electron chi connectivity index (χ0n) is 15.0. The molecule has 0 atom stereocenters. The molecule has 3 rings (SSSR count). The van der Waals surface area contributed by atoms with Gasteiger partial charge in [-0.05, 0) is 31.2 Å². The highest BCUT2D eigenvalue weighted by atomic mass is 35.5. The lowest BCUT2D eigenvalue weighted by Gasteiger charge is -2.31. The molecule has 1 amide bonds. The molecule has 2 aromatic rings. The lowest BCUT2D eigenvalue weighted by atomic mass is 10.1. The minimum atomic E-state index is -0.449. The maximum atomic E-state index is 12.8. The van der Waals surface area contributed by atoms with Crippen LogP contribution >= 0.6 is 23.4 Å². The molecule has 1 aliphatic heterocycles. The van der Waals surface area contributed by atoms with Crippen LogP contribution in [0.25, 0.3) is 0 Å². The van der Waals surface area contributed by atoms with Crippen LogP contribution in [0.4, 0.5) is 5.69 Å². The fraction of sp³-hybridized carbons (Fsp3) is 0.316. The largest absolute Gasteiger partial charge is 0.332 e. The van der Waals surface area contributed by atoms with Gasteiger partial charge in [0.2, 0.25) is 0 Å². The van der Waals surface area contributed by atoms with Crippen LogP contribution in [0.1, 0.15) is 17.3 Å². The summed E-state index contributed by atoms with van der Waals surface area (Å²) in [6.45, 7) is 6.33. The Labute approximate surface area is 167 Å². The number of nitrogens with one attached hydrogen (secondary N) is 1. The number of carbonyl (C=O) groups is 1. The Balaban J connectivity index is 1.82. The highest BCUT2D eigenvalue weighted by Crippen LogP contribution is 2.38. The van der Waals surface area contributed by atoms with E-state index in [0.717, 1.165) is 24.5 Å². The van der Waals surface area contributed by atoms with Gasteiger partial charge in [-0.1, -0.05) is 35.5 Å². The number of benzene rings is 2. The lowest BCUT2D eigenvalue weighted by Crippen LogP contribution is -3.14. The minimum absolute atomic E-state index is 0.0800. The van der Waals surface area contributed by atoms with E-state index in [0.29, 0.717) is 28.6 Å². The predicted molar refractivity (Wildman–Crippen MR) is 106 cm³/mol. The normalized spacial score (nSPS) is 15.0. The van der Waals surface area contributed by atoms with Gasteiger partial charge in [0.05, 0.1) is 47.6 Å². The number of amides is 1. The summed E-state index contributed by atoms with van der Waals surface area (Å²) in [5.41, 5.74) is 0.272. The Morgan fingerprint density at radius 2 is 1.93 bits per heavy atom. The average molecular weight is 407 g/mol. The Bertz CT molecular complexity index is 854. The Morgan fingerprint density at radius 1 is 1.22 bits per heavy atom. The van der Waals surface area contributed by atoms with Crippen LogP contribution in [0.5, 0.6) is 0 Å². The Hall–Kier alpha value is -2.09. The van der Waals surface area contributed by atoms with Gasteiger partial charge in [0.15, 0.2) is 0 Å². The van der Waals surface area contributed by atoms with Crippen LogP contribution in [-0.4, -0.2) is 48.5 Å². The summed E-state index contributed by atoms with van der Waals surface area (Å²) in [5.74, 6) is -0.150. The van der Waals surface area contributed by atoms with E-state index >= 15 is 0 Å². The molecular formula is C19H21ClN3O3S+. The Kier molecular flexibility index (Phi) is 6.36. The summed E-state index contributed by atoms with van der Waals surface area (Å²) in [4.78, 5) is 28.3. The van der Waals surface area contributed by atoms with Crippen molar-refractivity contribution in [3.63, 3.8) is 0 Å². The molecule has 0 saturated carbocycles. The van der Waals surface area contributed by atoms with Crippen molar-refractivity contribution < 1.29 is 14.6 Å². The maximum absolute atomic E-state index is 12.8. The lowest BCUT2D eigenvalue weighted by molar-refractivity contribution is -0.902. The summed E-state index contributed by atoms with van der Waals surface area (Å²) >= 11 is 7.39. The molecule has 2 aromatic carbocycles. The molecule has 0 aromatic heterocycles. The third-order valence-electron chi connectivity index (χ3n) is 4.72. The summed E-state index contributed by atoms with van der Waals surface area (Å²) in [7, 11) is 0. The monoisotopic (exact) mass is 406 g/mol. The standard InChI is InChI=1S/C19H20ClN3O3S/c1-2-21-9-11-22(12-10-21)19(24)14-7-8-18(16(13-14)23(25)26)27-17-6-4-3-5-15(17)20/h3-8,13H,2,9-12H2,1H3/p+1. The maximum Gasteiger partial charge on any atom is 0.284 e. The van der Waals surface area contributed by atoms with Crippen molar-refractivity contribution in [2.75, 3.05) is 32.7 Å². The van der Waals surface area contributed by atoms with E-state index < -0.39 is 4.92 Å². The molecule has 0 aliphatic carbocycles. The van der Waals surface area contributed by atoms with Crippen molar-refractivity contribution >= 4 is 35.0 Å². The molecule has 27 heavy (non-hydrogen) atoms. The molecule has 6 nitrogen and oxygen atoms in total. The van der Waals surface area contributed by atoms with Crippen LogP contribution < -0.4 is 4.90 Å². The molecular weight excluding hydrogens is 386 g/mol. The van der Waals surface area contributed by atoms with Crippen molar-refractivity contribution in [3.8, 4) is 0 Å². The first kappa shape index (κ1) is 19.7. The summed E-state index contributed by atoms with van der Waals surface area (Å²) in [5, 5.41) is 12.1. The van der Waals surface area contributed by atoms with Crippen LogP contribution in [0.2, 0.25) is 5.02 Å². The van der Waals surface area contributed by atoms with E-state index in [2.05, 4.69) is 6.92 Å². The van der Waals surface area contributed by atoms with E-state index in [1.807, 2.05) is 18.2 Å². The number of quaternary nitrogens is 1. The molecule has 1 fully saturated rings.